The maximum Gasteiger partial charge on any atom is 0.303 e. The average molecular weight is 442 g/mol. The minimum atomic E-state index is -1.00. The zero-order valence-electron chi connectivity index (χ0n) is 17.9. The first-order chi connectivity index (χ1) is 15.5. The molecule has 2 aliphatic heterocycles. The Bertz CT molecular complexity index is 903. The van der Waals surface area contributed by atoms with Gasteiger partial charge in [0.25, 0.3) is 0 Å². The quantitative estimate of drug-likeness (QED) is 0.631. The fourth-order valence-electron chi connectivity index (χ4n) is 3.86. The van der Waals surface area contributed by atoms with Crippen LogP contribution in [-0.4, -0.2) is 49.3 Å². The van der Waals surface area contributed by atoms with Gasteiger partial charge in [0.2, 0.25) is 0 Å². The Hall–Kier alpha value is -2.78. The first-order valence-corrected chi connectivity index (χ1v) is 10.5. The van der Waals surface area contributed by atoms with Gasteiger partial charge in [0.1, 0.15) is 12.2 Å². The molecule has 8 heteroatoms. The molecule has 32 heavy (non-hydrogen) atoms. The van der Waals surface area contributed by atoms with Gasteiger partial charge in [0, 0.05) is 19.4 Å². The van der Waals surface area contributed by atoms with Gasteiger partial charge < -0.3 is 28.4 Å². The van der Waals surface area contributed by atoms with E-state index in [2.05, 4.69) is 0 Å². The van der Waals surface area contributed by atoms with E-state index in [0.717, 1.165) is 11.1 Å². The van der Waals surface area contributed by atoms with Crippen molar-refractivity contribution in [1.29, 1.82) is 0 Å². The normalized spacial score (nSPS) is 29.6. The molecule has 0 unspecified atom stereocenters. The molecule has 0 bridgehead atoms. The van der Waals surface area contributed by atoms with E-state index in [9.17, 15) is 9.59 Å². The fraction of sp³-hybridized carbons (Fsp3) is 0.417. The number of hydrogen-bond acceptors (Lipinski definition) is 8. The molecule has 8 nitrogen and oxygen atoms in total. The molecule has 4 rings (SSSR count). The van der Waals surface area contributed by atoms with Gasteiger partial charge in [-0.05, 0) is 5.56 Å². The lowest BCUT2D eigenvalue weighted by atomic mass is 9.97. The Balaban J connectivity index is 1.57. The molecule has 0 amide bonds. The van der Waals surface area contributed by atoms with Crippen LogP contribution in [0.5, 0.6) is 0 Å². The highest BCUT2D eigenvalue weighted by Crippen LogP contribution is 2.37. The van der Waals surface area contributed by atoms with Gasteiger partial charge in [-0.25, -0.2) is 0 Å². The van der Waals surface area contributed by atoms with E-state index in [-0.39, 0.29) is 13.2 Å². The Morgan fingerprint density at radius 3 is 2.16 bits per heavy atom. The highest BCUT2D eigenvalue weighted by atomic mass is 16.8. The molecule has 6 atom stereocenters. The smallest absolute Gasteiger partial charge is 0.303 e. The number of hydrogen-bond donors (Lipinski definition) is 0. The second-order valence-electron chi connectivity index (χ2n) is 7.66. The zero-order chi connectivity index (χ0) is 22.5. The Labute approximate surface area is 186 Å². The predicted octanol–water partition coefficient (Wildman–Crippen LogP) is 2.91. The van der Waals surface area contributed by atoms with Crippen molar-refractivity contribution in [1.82, 2.24) is 0 Å². The van der Waals surface area contributed by atoms with E-state index in [1.54, 1.807) is 0 Å². The summed E-state index contributed by atoms with van der Waals surface area (Å²) in [5, 5.41) is 0. The Morgan fingerprint density at radius 2 is 1.50 bits per heavy atom. The zero-order valence-corrected chi connectivity index (χ0v) is 17.9. The van der Waals surface area contributed by atoms with Crippen LogP contribution in [-0.2, 0) is 44.6 Å². The van der Waals surface area contributed by atoms with Crippen LogP contribution in [0.4, 0.5) is 0 Å². The van der Waals surface area contributed by atoms with Gasteiger partial charge in [0.05, 0.1) is 13.2 Å². The standard InChI is InChI=1S/C24H26O8/c1-15(25)29-21-20-19(14-28-23(32-20)18-11-7-4-8-12-18)31-24(22(21)30-16(2)26)27-13-17-9-5-3-6-10-17/h3-12,19-24H,13-14H2,1-2H3/t19-,20-,21-,22+,23+,24-/m1/s1. The molecule has 0 spiro atoms. The first kappa shape index (κ1) is 22.4. The minimum Gasteiger partial charge on any atom is -0.455 e. The molecule has 0 radical (unpaired) electrons. The number of benzene rings is 2. The van der Waals surface area contributed by atoms with Crippen molar-refractivity contribution in [3.63, 3.8) is 0 Å². The Morgan fingerprint density at radius 1 is 0.875 bits per heavy atom. The minimum absolute atomic E-state index is 0.194. The first-order valence-electron chi connectivity index (χ1n) is 10.5. The molecule has 0 saturated carbocycles. The van der Waals surface area contributed by atoms with Gasteiger partial charge in [-0.1, -0.05) is 60.7 Å². The number of carbonyl (C=O) groups excluding carboxylic acids is 2. The van der Waals surface area contributed by atoms with Crippen molar-refractivity contribution in [2.24, 2.45) is 0 Å². The summed E-state index contributed by atoms with van der Waals surface area (Å²) in [5.41, 5.74) is 1.74. The van der Waals surface area contributed by atoms with Crippen molar-refractivity contribution < 1.29 is 38.0 Å². The molecule has 2 heterocycles. The van der Waals surface area contributed by atoms with Crippen LogP contribution in [0.2, 0.25) is 0 Å². The SMILES string of the molecule is CC(=O)O[C@H]1[C@H](OC(C)=O)[C@H](OCc2ccccc2)O[C@@H]2CO[C@H](c3ccccc3)O[C@@H]12. The third kappa shape index (κ3) is 5.34. The molecule has 2 fully saturated rings. The van der Waals surface area contributed by atoms with Gasteiger partial charge in [-0.3, -0.25) is 9.59 Å². The number of carbonyl (C=O) groups is 2. The predicted molar refractivity (Wildman–Crippen MR) is 111 cm³/mol. The van der Waals surface area contributed by atoms with Crippen molar-refractivity contribution in [3.05, 3.63) is 71.8 Å². The van der Waals surface area contributed by atoms with Gasteiger partial charge in [-0.2, -0.15) is 0 Å². The summed E-state index contributed by atoms with van der Waals surface area (Å²) in [7, 11) is 0. The number of ether oxygens (including phenoxy) is 6. The number of fused-ring (bicyclic) bond motifs is 1. The maximum absolute atomic E-state index is 11.9. The van der Waals surface area contributed by atoms with E-state index in [1.807, 2.05) is 60.7 Å². The van der Waals surface area contributed by atoms with Crippen LogP contribution >= 0.6 is 0 Å². The molecule has 170 valence electrons. The lowest BCUT2D eigenvalue weighted by Gasteiger charge is -2.48. The monoisotopic (exact) mass is 442 g/mol. The summed E-state index contributed by atoms with van der Waals surface area (Å²) in [5.74, 6) is -1.07. The van der Waals surface area contributed by atoms with E-state index in [4.69, 9.17) is 28.4 Å². The summed E-state index contributed by atoms with van der Waals surface area (Å²) in [6.45, 7) is 2.99. The number of rotatable bonds is 6. The lowest BCUT2D eigenvalue weighted by molar-refractivity contribution is -0.363. The summed E-state index contributed by atoms with van der Waals surface area (Å²) >= 11 is 0. The van der Waals surface area contributed by atoms with E-state index >= 15 is 0 Å². The second-order valence-corrected chi connectivity index (χ2v) is 7.66. The van der Waals surface area contributed by atoms with Crippen LogP contribution in [0, 0.1) is 0 Å². The molecular weight excluding hydrogens is 416 g/mol. The topological polar surface area (TPSA) is 89.5 Å². The third-order valence-corrected chi connectivity index (χ3v) is 5.22. The molecule has 2 aromatic rings. The van der Waals surface area contributed by atoms with E-state index in [0.29, 0.717) is 0 Å². The van der Waals surface area contributed by atoms with Gasteiger partial charge in [-0.15, -0.1) is 0 Å². The van der Waals surface area contributed by atoms with Crippen molar-refractivity contribution in [2.45, 2.75) is 57.5 Å². The van der Waals surface area contributed by atoms with Crippen molar-refractivity contribution in [2.75, 3.05) is 6.61 Å². The molecule has 0 N–H and O–H groups in total. The van der Waals surface area contributed by atoms with Crippen LogP contribution in [0.1, 0.15) is 31.3 Å². The molecule has 2 aromatic carbocycles. The van der Waals surface area contributed by atoms with E-state index in [1.165, 1.54) is 13.8 Å². The summed E-state index contributed by atoms with van der Waals surface area (Å²) in [6, 6.07) is 18.9. The maximum atomic E-state index is 11.9. The van der Waals surface area contributed by atoms with Crippen LogP contribution in [0.15, 0.2) is 60.7 Å². The third-order valence-electron chi connectivity index (χ3n) is 5.22. The molecule has 0 aliphatic carbocycles. The van der Waals surface area contributed by atoms with Gasteiger partial charge in [0.15, 0.2) is 24.8 Å². The second kappa shape index (κ2) is 10.2. The summed E-state index contributed by atoms with van der Waals surface area (Å²) in [6.07, 6.45) is -4.85. The van der Waals surface area contributed by atoms with Crippen LogP contribution in [0.3, 0.4) is 0 Å². The summed E-state index contributed by atoms with van der Waals surface area (Å²) < 4.78 is 35.1. The molecular formula is C24H26O8. The lowest BCUT2D eigenvalue weighted by Crippen LogP contribution is -2.64. The molecule has 2 aliphatic rings. The number of esters is 2. The Kier molecular flexibility index (Phi) is 7.16. The van der Waals surface area contributed by atoms with Crippen molar-refractivity contribution in [3.8, 4) is 0 Å². The summed E-state index contributed by atoms with van der Waals surface area (Å²) in [4.78, 5) is 23.8. The van der Waals surface area contributed by atoms with E-state index < -0.39 is 48.9 Å². The average Bonchev–Trinajstić information content (AvgIpc) is 2.80. The largest absolute Gasteiger partial charge is 0.455 e. The van der Waals surface area contributed by atoms with Crippen LogP contribution in [0.25, 0.3) is 0 Å². The molecule has 0 aromatic heterocycles. The fourth-order valence-corrected chi connectivity index (χ4v) is 3.86. The molecule has 2 saturated heterocycles. The van der Waals surface area contributed by atoms with Gasteiger partial charge >= 0.3 is 11.9 Å². The highest BCUT2D eigenvalue weighted by molar-refractivity contribution is 5.67. The van der Waals surface area contributed by atoms with Crippen LogP contribution < -0.4 is 0 Å². The highest BCUT2D eigenvalue weighted by Gasteiger charge is 2.53. The van der Waals surface area contributed by atoms with Crippen molar-refractivity contribution >= 4 is 11.9 Å².